The molecule has 1 unspecified atom stereocenters. The Hall–Kier alpha value is -3.04. The Morgan fingerprint density at radius 1 is 1.06 bits per heavy atom. The third-order valence-corrected chi connectivity index (χ3v) is 6.53. The summed E-state index contributed by atoms with van der Waals surface area (Å²) in [5.74, 6) is -0.803. The van der Waals surface area contributed by atoms with Crippen molar-refractivity contribution in [3.8, 4) is 11.1 Å². The zero-order chi connectivity index (χ0) is 24.5. The Balaban J connectivity index is 1.57. The second kappa shape index (κ2) is 12.4. The molecule has 0 saturated heterocycles. The number of nitrogens with one attached hydrogen (secondary N) is 2. The molecule has 8 nitrogen and oxygen atoms in total. The number of benzene rings is 2. The van der Waals surface area contributed by atoms with E-state index in [0.717, 1.165) is 22.3 Å². The van der Waals surface area contributed by atoms with Crippen LogP contribution in [-0.2, 0) is 14.3 Å². The van der Waals surface area contributed by atoms with Crippen molar-refractivity contribution in [2.24, 2.45) is 0 Å². The van der Waals surface area contributed by atoms with Gasteiger partial charge in [0.15, 0.2) is 0 Å². The van der Waals surface area contributed by atoms with Gasteiger partial charge in [-0.15, -0.1) is 11.8 Å². The molecule has 0 saturated carbocycles. The fraction of sp³-hybridized carbons (Fsp3) is 0.400. The Morgan fingerprint density at radius 2 is 1.68 bits per heavy atom. The van der Waals surface area contributed by atoms with Crippen molar-refractivity contribution < 1.29 is 24.2 Å². The van der Waals surface area contributed by atoms with E-state index in [1.54, 1.807) is 0 Å². The highest BCUT2D eigenvalue weighted by Crippen LogP contribution is 2.44. The first kappa shape index (κ1) is 25.6. The van der Waals surface area contributed by atoms with Gasteiger partial charge in [-0.2, -0.15) is 0 Å². The van der Waals surface area contributed by atoms with E-state index in [1.807, 2.05) is 43.3 Å². The summed E-state index contributed by atoms with van der Waals surface area (Å²) in [6, 6.07) is 15.5. The standard InChI is InChI=1S/C25H31N3O5S/c1-28(2)13-11-22(24(31)26-12-14-34-16-23(29)30)27-25(32)33-15-21-19-9-5-3-7-17(19)18-8-4-6-10-20(18)21/h3-10,21-22H,11-16H2,1-2H3,(H,26,31)(H,27,32)(H,29,30). The molecule has 34 heavy (non-hydrogen) atoms. The minimum absolute atomic E-state index is 0.0159. The van der Waals surface area contributed by atoms with Gasteiger partial charge in [-0.1, -0.05) is 48.5 Å². The number of carboxylic acids is 1. The Morgan fingerprint density at radius 3 is 2.26 bits per heavy atom. The summed E-state index contributed by atoms with van der Waals surface area (Å²) in [6.07, 6.45) is -0.216. The molecule has 1 atom stereocenters. The van der Waals surface area contributed by atoms with Gasteiger partial charge in [-0.25, -0.2) is 4.79 Å². The number of ether oxygens (including phenoxy) is 1. The number of hydrogen-bond acceptors (Lipinski definition) is 6. The van der Waals surface area contributed by atoms with Crippen LogP contribution in [-0.4, -0.2) is 79.3 Å². The fourth-order valence-electron chi connectivity index (χ4n) is 3.97. The molecule has 0 aliphatic heterocycles. The first-order chi connectivity index (χ1) is 16.4. The van der Waals surface area contributed by atoms with E-state index >= 15 is 0 Å². The van der Waals surface area contributed by atoms with Crippen LogP contribution < -0.4 is 10.6 Å². The molecule has 1 aliphatic rings. The van der Waals surface area contributed by atoms with Crippen LogP contribution in [0, 0.1) is 0 Å². The molecular formula is C25H31N3O5S. The van der Waals surface area contributed by atoms with E-state index in [-0.39, 0.29) is 24.2 Å². The summed E-state index contributed by atoms with van der Waals surface area (Å²) in [5, 5.41) is 14.2. The number of amides is 2. The molecule has 3 rings (SSSR count). The van der Waals surface area contributed by atoms with Gasteiger partial charge in [0.25, 0.3) is 0 Å². The molecule has 0 heterocycles. The first-order valence-electron chi connectivity index (χ1n) is 11.2. The third kappa shape index (κ3) is 6.98. The lowest BCUT2D eigenvalue weighted by atomic mass is 9.98. The monoisotopic (exact) mass is 485 g/mol. The highest BCUT2D eigenvalue weighted by atomic mass is 32.2. The highest BCUT2D eigenvalue weighted by molar-refractivity contribution is 7.99. The Kier molecular flexibility index (Phi) is 9.35. The summed E-state index contributed by atoms with van der Waals surface area (Å²) in [6.45, 7) is 1.10. The summed E-state index contributed by atoms with van der Waals surface area (Å²) >= 11 is 1.22. The number of carboxylic acid groups (broad SMARTS) is 1. The topological polar surface area (TPSA) is 108 Å². The number of fused-ring (bicyclic) bond motifs is 3. The number of nitrogens with zero attached hydrogens (tertiary/aromatic N) is 1. The molecule has 0 radical (unpaired) electrons. The number of aliphatic carboxylic acids is 1. The second-order valence-corrected chi connectivity index (χ2v) is 9.46. The van der Waals surface area contributed by atoms with Crippen LogP contribution >= 0.6 is 11.8 Å². The molecule has 182 valence electrons. The number of carbonyl (C=O) groups excluding carboxylic acids is 2. The van der Waals surface area contributed by atoms with E-state index < -0.39 is 18.1 Å². The summed E-state index contributed by atoms with van der Waals surface area (Å²) < 4.78 is 5.58. The minimum atomic E-state index is -0.892. The normalized spacial score (nSPS) is 13.1. The lowest BCUT2D eigenvalue weighted by Gasteiger charge is -2.21. The zero-order valence-corrected chi connectivity index (χ0v) is 20.3. The number of carbonyl (C=O) groups is 3. The fourth-order valence-corrected chi connectivity index (χ4v) is 4.53. The van der Waals surface area contributed by atoms with E-state index in [1.165, 1.54) is 11.8 Å². The molecule has 0 bridgehead atoms. The third-order valence-electron chi connectivity index (χ3n) is 5.59. The van der Waals surface area contributed by atoms with Crippen molar-refractivity contribution in [1.82, 2.24) is 15.5 Å². The van der Waals surface area contributed by atoms with Gasteiger partial charge in [-0.3, -0.25) is 9.59 Å². The van der Waals surface area contributed by atoms with Crippen molar-refractivity contribution in [2.75, 3.05) is 45.3 Å². The molecular weight excluding hydrogens is 454 g/mol. The maximum Gasteiger partial charge on any atom is 0.407 e. The van der Waals surface area contributed by atoms with E-state index in [4.69, 9.17) is 9.84 Å². The van der Waals surface area contributed by atoms with Crippen molar-refractivity contribution in [2.45, 2.75) is 18.4 Å². The predicted octanol–water partition coefficient (Wildman–Crippen LogP) is 2.78. The molecule has 2 aromatic carbocycles. The smallest absolute Gasteiger partial charge is 0.407 e. The summed E-state index contributed by atoms with van der Waals surface area (Å²) in [4.78, 5) is 37.8. The summed E-state index contributed by atoms with van der Waals surface area (Å²) in [7, 11) is 3.79. The van der Waals surface area contributed by atoms with Gasteiger partial charge in [0.2, 0.25) is 5.91 Å². The molecule has 1 aliphatic carbocycles. The number of thioether (sulfide) groups is 1. The van der Waals surface area contributed by atoms with Gasteiger partial charge in [0.1, 0.15) is 12.6 Å². The molecule has 2 amide bonds. The predicted molar refractivity (Wildman–Crippen MR) is 133 cm³/mol. The highest BCUT2D eigenvalue weighted by Gasteiger charge is 2.29. The second-order valence-electron chi connectivity index (χ2n) is 8.35. The molecule has 3 N–H and O–H groups in total. The first-order valence-corrected chi connectivity index (χ1v) is 12.4. The minimum Gasteiger partial charge on any atom is -0.481 e. The van der Waals surface area contributed by atoms with E-state index in [2.05, 4.69) is 34.9 Å². The van der Waals surface area contributed by atoms with Crippen LogP contribution in [0.15, 0.2) is 48.5 Å². The maximum absolute atomic E-state index is 12.7. The SMILES string of the molecule is CN(C)CCC(NC(=O)OCC1c2ccccc2-c2ccccc21)C(=O)NCCSCC(=O)O. The lowest BCUT2D eigenvalue weighted by Crippen LogP contribution is -2.48. The summed E-state index contributed by atoms with van der Waals surface area (Å²) in [5.41, 5.74) is 4.54. The van der Waals surface area contributed by atoms with Crippen molar-refractivity contribution in [3.05, 3.63) is 59.7 Å². The lowest BCUT2D eigenvalue weighted by molar-refractivity contribution is -0.133. The molecule has 9 heteroatoms. The van der Waals surface area contributed by atoms with Crippen molar-refractivity contribution in [3.63, 3.8) is 0 Å². The number of hydrogen-bond donors (Lipinski definition) is 3. The molecule has 2 aromatic rings. The van der Waals surface area contributed by atoms with Crippen LogP contribution in [0.2, 0.25) is 0 Å². The quantitative estimate of drug-likeness (QED) is 0.397. The van der Waals surface area contributed by atoms with Gasteiger partial charge in [0.05, 0.1) is 5.75 Å². The Bertz CT molecular complexity index is 968. The van der Waals surface area contributed by atoms with Crippen LogP contribution in [0.4, 0.5) is 4.79 Å². The number of alkyl carbamates (subject to hydrolysis) is 1. The molecule has 0 aromatic heterocycles. The van der Waals surface area contributed by atoms with Crippen LogP contribution in [0.1, 0.15) is 23.5 Å². The van der Waals surface area contributed by atoms with Gasteiger partial charge in [-0.05, 0) is 49.3 Å². The van der Waals surface area contributed by atoms with Gasteiger partial charge in [0, 0.05) is 18.2 Å². The van der Waals surface area contributed by atoms with Gasteiger partial charge < -0.3 is 25.4 Å². The molecule has 0 spiro atoms. The van der Waals surface area contributed by atoms with Crippen molar-refractivity contribution >= 4 is 29.7 Å². The average molecular weight is 486 g/mol. The van der Waals surface area contributed by atoms with Crippen LogP contribution in [0.5, 0.6) is 0 Å². The van der Waals surface area contributed by atoms with E-state index in [9.17, 15) is 14.4 Å². The molecule has 0 fully saturated rings. The Labute approximate surface area is 204 Å². The van der Waals surface area contributed by atoms with Crippen LogP contribution in [0.3, 0.4) is 0 Å². The van der Waals surface area contributed by atoms with E-state index in [0.29, 0.717) is 25.3 Å². The average Bonchev–Trinajstić information content (AvgIpc) is 3.13. The van der Waals surface area contributed by atoms with Crippen molar-refractivity contribution in [1.29, 1.82) is 0 Å². The largest absolute Gasteiger partial charge is 0.481 e. The maximum atomic E-state index is 12.7. The van der Waals surface area contributed by atoms with Crippen LogP contribution in [0.25, 0.3) is 11.1 Å². The zero-order valence-electron chi connectivity index (χ0n) is 19.5. The van der Waals surface area contributed by atoms with Gasteiger partial charge >= 0.3 is 12.1 Å². The number of rotatable bonds is 12.